The van der Waals surface area contributed by atoms with Gasteiger partial charge in [0.15, 0.2) is 0 Å². The minimum atomic E-state index is 0.00942. The summed E-state index contributed by atoms with van der Waals surface area (Å²) >= 11 is 0. The molecule has 2 amide bonds. The number of nitrogens with one attached hydrogen (secondary N) is 1. The summed E-state index contributed by atoms with van der Waals surface area (Å²) in [4.78, 5) is 33.8. The highest BCUT2D eigenvalue weighted by Crippen LogP contribution is 2.26. The molecule has 6 rings (SSSR count). The van der Waals surface area contributed by atoms with E-state index in [2.05, 4.69) is 51.2 Å². The van der Waals surface area contributed by atoms with E-state index in [0.29, 0.717) is 25.9 Å². The Kier molecular flexibility index (Phi) is 10.0. The largest absolute Gasteiger partial charge is 0.356 e. The average molecular weight is 599 g/mol. The van der Waals surface area contributed by atoms with Crippen LogP contribution in [0.15, 0.2) is 109 Å². The topological polar surface area (TPSA) is 67.2 Å². The first-order valence-electron chi connectivity index (χ1n) is 16.3. The molecule has 6 nitrogen and oxygen atoms in total. The van der Waals surface area contributed by atoms with Gasteiger partial charge >= 0.3 is 0 Å². The van der Waals surface area contributed by atoms with E-state index >= 15 is 0 Å². The van der Waals surface area contributed by atoms with Gasteiger partial charge in [0, 0.05) is 25.6 Å². The van der Waals surface area contributed by atoms with Crippen LogP contribution >= 0.6 is 0 Å². The van der Waals surface area contributed by atoms with Gasteiger partial charge in [-0.2, -0.15) is 0 Å². The Morgan fingerprint density at radius 2 is 1.42 bits per heavy atom. The lowest BCUT2D eigenvalue weighted by Gasteiger charge is -2.35. The summed E-state index contributed by atoms with van der Waals surface area (Å²) in [6, 6.07) is 37.1. The first-order chi connectivity index (χ1) is 22.1. The van der Waals surface area contributed by atoms with E-state index in [1.807, 2.05) is 72.8 Å². The summed E-state index contributed by atoms with van der Waals surface area (Å²) in [5, 5.41) is 3.08. The number of fused-ring (bicyclic) bond motifs is 1. The molecule has 0 radical (unpaired) electrons. The Labute approximate surface area is 266 Å². The number of benzene rings is 4. The van der Waals surface area contributed by atoms with Crippen molar-refractivity contribution in [2.45, 2.75) is 70.5 Å². The second-order valence-electron chi connectivity index (χ2n) is 12.1. The molecule has 0 saturated heterocycles. The van der Waals surface area contributed by atoms with Crippen molar-refractivity contribution >= 4 is 22.8 Å². The molecule has 0 atom stereocenters. The fourth-order valence-corrected chi connectivity index (χ4v) is 6.48. The van der Waals surface area contributed by atoms with Crippen molar-refractivity contribution in [1.29, 1.82) is 0 Å². The minimum Gasteiger partial charge on any atom is -0.356 e. The lowest BCUT2D eigenvalue weighted by atomic mass is 9.93. The number of aryl methyl sites for hydroxylation is 1. The number of carbonyl (C=O) groups is 2. The number of aromatic nitrogens is 2. The van der Waals surface area contributed by atoms with E-state index in [1.54, 1.807) is 0 Å². The molecule has 1 aliphatic rings. The third-order valence-electron chi connectivity index (χ3n) is 8.88. The molecule has 6 heteroatoms. The maximum absolute atomic E-state index is 14.0. The van der Waals surface area contributed by atoms with E-state index in [4.69, 9.17) is 4.98 Å². The van der Waals surface area contributed by atoms with Gasteiger partial charge in [-0.25, -0.2) is 4.98 Å². The number of carbonyl (C=O) groups excluding carboxylic acids is 2. The predicted octanol–water partition coefficient (Wildman–Crippen LogP) is 7.36. The quantitative estimate of drug-likeness (QED) is 0.153. The summed E-state index contributed by atoms with van der Waals surface area (Å²) in [5.74, 6) is 1.04. The van der Waals surface area contributed by atoms with Gasteiger partial charge in [-0.3, -0.25) is 9.59 Å². The molecular formula is C39H42N4O2. The highest BCUT2D eigenvalue weighted by atomic mass is 16.2. The highest BCUT2D eigenvalue weighted by Gasteiger charge is 2.27. The van der Waals surface area contributed by atoms with Crippen LogP contribution in [0.3, 0.4) is 0 Å². The first kappa shape index (κ1) is 30.3. The summed E-state index contributed by atoms with van der Waals surface area (Å²) in [7, 11) is 0. The first-order valence-corrected chi connectivity index (χ1v) is 16.3. The normalized spacial score (nSPS) is 13.5. The molecule has 1 aromatic heterocycles. The van der Waals surface area contributed by atoms with Gasteiger partial charge in [0.1, 0.15) is 12.4 Å². The Bertz CT molecular complexity index is 1690. The third-order valence-corrected chi connectivity index (χ3v) is 8.88. The van der Waals surface area contributed by atoms with Crippen molar-refractivity contribution in [3.63, 3.8) is 0 Å². The molecule has 0 unspecified atom stereocenters. The zero-order valence-corrected chi connectivity index (χ0v) is 25.9. The molecule has 1 saturated carbocycles. The van der Waals surface area contributed by atoms with Crippen LogP contribution in [0.4, 0.5) is 0 Å². The molecular weight excluding hydrogens is 556 g/mol. The molecule has 0 spiro atoms. The van der Waals surface area contributed by atoms with Crippen LogP contribution in [0.1, 0.15) is 55.5 Å². The Morgan fingerprint density at radius 1 is 0.756 bits per heavy atom. The number of rotatable bonds is 12. The standard InChI is InChI=1S/C39H42N4O2/c44-38(27-30-22-24-33(25-23-30)32-15-6-2-7-16-32)40-26-12-21-37-41-35-19-10-11-20-36(35)43(37)29-39(45)42(34-17-8-3-9-18-34)28-31-13-4-1-5-14-31/h1-2,4-7,10-11,13-16,19-20,22-25,34H,3,8-9,12,17-18,21,26-29H2,(H,40,44). The fraction of sp³-hybridized carbons (Fsp3) is 0.308. The molecule has 0 aliphatic heterocycles. The Balaban J connectivity index is 1.08. The second-order valence-corrected chi connectivity index (χ2v) is 12.1. The number of imidazole rings is 1. The van der Waals surface area contributed by atoms with Crippen molar-refractivity contribution in [2.24, 2.45) is 0 Å². The van der Waals surface area contributed by atoms with E-state index in [-0.39, 0.29) is 24.4 Å². The van der Waals surface area contributed by atoms with Crippen LogP contribution < -0.4 is 5.32 Å². The van der Waals surface area contributed by atoms with Crippen LogP contribution in [-0.4, -0.2) is 38.9 Å². The van der Waals surface area contributed by atoms with Gasteiger partial charge in [-0.15, -0.1) is 0 Å². The van der Waals surface area contributed by atoms with E-state index in [0.717, 1.165) is 52.8 Å². The van der Waals surface area contributed by atoms with E-state index in [1.165, 1.54) is 24.8 Å². The van der Waals surface area contributed by atoms with Gasteiger partial charge < -0.3 is 14.8 Å². The van der Waals surface area contributed by atoms with Gasteiger partial charge in [-0.05, 0) is 53.6 Å². The van der Waals surface area contributed by atoms with Gasteiger partial charge in [0.2, 0.25) is 11.8 Å². The molecule has 1 fully saturated rings. The minimum absolute atomic E-state index is 0.00942. The summed E-state index contributed by atoms with van der Waals surface area (Å²) < 4.78 is 2.09. The van der Waals surface area contributed by atoms with Gasteiger partial charge in [0.25, 0.3) is 0 Å². The number of nitrogens with zero attached hydrogens (tertiary/aromatic N) is 3. The van der Waals surface area contributed by atoms with Crippen molar-refractivity contribution in [1.82, 2.24) is 19.8 Å². The highest BCUT2D eigenvalue weighted by molar-refractivity contribution is 5.81. The molecule has 1 heterocycles. The van der Waals surface area contributed by atoms with Gasteiger partial charge in [0.05, 0.1) is 17.5 Å². The molecule has 0 bridgehead atoms. The fourth-order valence-electron chi connectivity index (χ4n) is 6.48. The lowest BCUT2D eigenvalue weighted by molar-refractivity contribution is -0.135. The maximum atomic E-state index is 14.0. The monoisotopic (exact) mass is 598 g/mol. The number of para-hydroxylation sites is 2. The Hall–Kier alpha value is -4.71. The molecule has 1 aliphatic carbocycles. The van der Waals surface area contributed by atoms with Crippen LogP contribution in [0, 0.1) is 0 Å². The van der Waals surface area contributed by atoms with Crippen LogP contribution in [0.2, 0.25) is 0 Å². The molecule has 45 heavy (non-hydrogen) atoms. The van der Waals surface area contributed by atoms with Gasteiger partial charge in [-0.1, -0.05) is 116 Å². The zero-order valence-electron chi connectivity index (χ0n) is 25.9. The van der Waals surface area contributed by atoms with Crippen LogP contribution in [0.25, 0.3) is 22.2 Å². The lowest BCUT2D eigenvalue weighted by Crippen LogP contribution is -2.42. The number of hydrogen-bond acceptors (Lipinski definition) is 3. The third kappa shape index (κ3) is 7.88. The maximum Gasteiger partial charge on any atom is 0.243 e. The smallest absolute Gasteiger partial charge is 0.243 e. The summed E-state index contributed by atoms with van der Waals surface area (Å²) in [6.45, 7) is 1.46. The number of hydrogen-bond donors (Lipinski definition) is 1. The number of amides is 2. The van der Waals surface area contributed by atoms with E-state index < -0.39 is 0 Å². The summed E-state index contributed by atoms with van der Waals surface area (Å²) in [6.07, 6.45) is 7.49. The molecule has 5 aromatic rings. The Morgan fingerprint density at radius 3 is 2.18 bits per heavy atom. The van der Waals surface area contributed by atoms with Crippen molar-refractivity contribution in [3.8, 4) is 11.1 Å². The SMILES string of the molecule is O=C(Cc1ccc(-c2ccccc2)cc1)NCCCc1nc2ccccc2n1CC(=O)N(Cc1ccccc1)C1CCCCC1. The zero-order chi connectivity index (χ0) is 30.8. The van der Waals surface area contributed by atoms with Crippen molar-refractivity contribution < 1.29 is 9.59 Å². The van der Waals surface area contributed by atoms with E-state index in [9.17, 15) is 9.59 Å². The van der Waals surface area contributed by atoms with Crippen molar-refractivity contribution in [2.75, 3.05) is 6.54 Å². The molecule has 230 valence electrons. The molecule has 1 N–H and O–H groups in total. The van der Waals surface area contributed by atoms with Crippen LogP contribution in [-0.2, 0) is 35.5 Å². The van der Waals surface area contributed by atoms with Crippen molar-refractivity contribution in [3.05, 3.63) is 126 Å². The predicted molar refractivity (Wildman–Crippen MR) is 181 cm³/mol. The second kappa shape index (κ2) is 14.8. The average Bonchev–Trinajstić information content (AvgIpc) is 3.44. The van der Waals surface area contributed by atoms with Crippen LogP contribution in [0.5, 0.6) is 0 Å². The molecule has 4 aromatic carbocycles. The summed E-state index contributed by atoms with van der Waals surface area (Å²) in [5.41, 5.74) is 6.34.